The Kier molecular flexibility index (Phi) is 3.33. The van der Waals surface area contributed by atoms with Crippen molar-refractivity contribution < 1.29 is 29.9 Å². The molecule has 0 fully saturated rings. The molecule has 9 heavy (non-hydrogen) atoms. The van der Waals surface area contributed by atoms with E-state index in [1.807, 2.05) is 0 Å². The molecule has 0 spiro atoms. The molecule has 0 saturated carbocycles. The van der Waals surface area contributed by atoms with Gasteiger partial charge in [0.2, 0.25) is 0 Å². The third kappa shape index (κ3) is 3.33. The molecule has 0 aliphatic heterocycles. The Balaban J connectivity index is 4.04. The molecule has 0 aliphatic carbocycles. The first-order valence-electron chi connectivity index (χ1n) is 1.36. The molecular weight excluding hydrogens is 337 g/mol. The summed E-state index contributed by atoms with van der Waals surface area (Å²) in [5.41, 5.74) is 0. The van der Waals surface area contributed by atoms with Crippen molar-refractivity contribution in [1.82, 2.24) is 2.25 Å². The normalized spacial score (nSPS) is 20.0. The number of hydrogen-bond donors (Lipinski definition) is 1. The summed E-state index contributed by atoms with van der Waals surface area (Å²) in [6.07, 6.45) is 0. The van der Waals surface area contributed by atoms with Crippen LogP contribution in [0.5, 0.6) is 0 Å². The minimum atomic E-state index is -5.19. The summed E-state index contributed by atoms with van der Waals surface area (Å²) in [5, 5.41) is 8.41. The van der Waals surface area contributed by atoms with Gasteiger partial charge in [0.05, 0.1) is 0 Å². The van der Waals surface area contributed by atoms with E-state index in [0.29, 0.717) is 0 Å². The van der Waals surface area contributed by atoms with Crippen LogP contribution in [0.15, 0.2) is 0 Å². The zero-order valence-electron chi connectivity index (χ0n) is 3.67. The van der Waals surface area contributed by atoms with Crippen molar-refractivity contribution in [2.24, 2.45) is 0 Å². The van der Waals surface area contributed by atoms with Crippen molar-refractivity contribution >= 4 is 25.1 Å². The summed E-state index contributed by atoms with van der Waals surface area (Å²) in [4.78, 5) is 9.59. The summed E-state index contributed by atoms with van der Waals surface area (Å²) in [6.45, 7) is 0. The Bertz CT molecular complexity index is 125. The van der Waals surface area contributed by atoms with Crippen molar-refractivity contribution in [2.75, 3.05) is 0 Å². The van der Waals surface area contributed by atoms with Gasteiger partial charge in [-0.05, 0) is 0 Å². The molecule has 0 heterocycles. The van der Waals surface area contributed by atoms with Gasteiger partial charge in [-0.3, -0.25) is 0 Å². The molecule has 0 aromatic carbocycles. The second-order valence-electron chi connectivity index (χ2n) is 0.838. The molecule has 0 rings (SSSR count). The van der Waals surface area contributed by atoms with E-state index >= 15 is 0 Å². The van der Waals surface area contributed by atoms with Crippen LogP contribution in [0.3, 0.4) is 0 Å². The van der Waals surface area contributed by atoms with Crippen LogP contribution in [0.2, 0.25) is 0 Å². The zero-order valence-corrected chi connectivity index (χ0v) is 8.17. The summed E-state index contributed by atoms with van der Waals surface area (Å²) in [7, 11) is 4.58. The van der Waals surface area contributed by atoms with Gasteiger partial charge in [-0.1, -0.05) is 0 Å². The van der Waals surface area contributed by atoms with E-state index in [1.165, 1.54) is 0 Å². The fourth-order valence-electron chi connectivity index (χ4n) is 0.0743. The van der Waals surface area contributed by atoms with Crippen LogP contribution in [-0.2, 0) is 0 Å². The van der Waals surface area contributed by atoms with Gasteiger partial charge in [0, 0.05) is 0 Å². The number of hydrazine groups is 1. The molecule has 1 N–H and O–H groups in total. The van der Waals surface area contributed by atoms with Gasteiger partial charge in [0.15, 0.2) is 0 Å². The molecule has 1 atom stereocenters. The molecule has 9 heteroatoms. The number of hydrogen-bond acceptors (Lipinski definition) is 3. The maximum absolute atomic E-state index is 12.0. The van der Waals surface area contributed by atoms with E-state index in [9.17, 15) is 13.0 Å². The quantitative estimate of drug-likeness (QED) is 0.269. The topological polar surface area (TPSA) is 66.6 Å². The molecule has 0 amide bonds. The first kappa shape index (κ1) is 9.59. The molecule has 0 saturated heterocycles. The minimum absolute atomic E-state index is 0.277. The number of nitro groups is 1. The standard InChI is InChI=1S/BrClFHIN2O3/c1-5(6(8)9)4(2,3)7/h7H/q-1. The summed E-state index contributed by atoms with van der Waals surface area (Å²) in [5.74, 6) is 0. The second-order valence-corrected chi connectivity index (χ2v) is 8.39. The summed E-state index contributed by atoms with van der Waals surface area (Å²) < 4.78 is 19.9. The zero-order chi connectivity index (χ0) is 7.65. The third-order valence-corrected chi connectivity index (χ3v) is 6.09. The molecule has 0 radical (unpaired) electrons. The van der Waals surface area contributed by atoms with E-state index in [1.54, 1.807) is 0 Å². The molecular formula is HBrClFIN2O3-. The van der Waals surface area contributed by atoms with Crippen LogP contribution in [0.25, 0.3) is 0 Å². The van der Waals surface area contributed by atoms with Crippen molar-refractivity contribution in [3.63, 3.8) is 0 Å². The average Bonchev–Trinajstić information content (AvgIpc) is 1.62. The van der Waals surface area contributed by atoms with Crippen molar-refractivity contribution in [1.29, 1.82) is 0 Å². The molecule has 5 nitrogen and oxygen atoms in total. The van der Waals surface area contributed by atoms with Gasteiger partial charge in [-0.15, -0.1) is 0 Å². The van der Waals surface area contributed by atoms with E-state index in [-0.39, 0.29) is 2.25 Å². The molecule has 0 aromatic heterocycles. The van der Waals surface area contributed by atoms with Crippen LogP contribution in [0.4, 0.5) is 2.86 Å². The van der Waals surface area contributed by atoms with E-state index < -0.39 is 23.6 Å². The Morgan fingerprint density at radius 3 is 2.33 bits per heavy atom. The fraction of sp³-hybridized carbons (Fsp3) is 0. The van der Waals surface area contributed by atoms with E-state index in [4.69, 9.17) is 3.44 Å². The molecule has 58 valence electrons. The van der Waals surface area contributed by atoms with Crippen molar-refractivity contribution in [3.8, 4) is 0 Å². The Morgan fingerprint density at radius 2 is 2.33 bits per heavy atom. The Hall–Kier alpha value is 0.590. The van der Waals surface area contributed by atoms with Gasteiger partial charge in [-0.25, -0.2) is 0 Å². The number of halogens is 4. The van der Waals surface area contributed by atoms with Gasteiger partial charge in [0.25, 0.3) is 0 Å². The fourth-order valence-corrected chi connectivity index (χ4v) is 0.811. The monoisotopic (exact) mass is 337 g/mol. The van der Waals surface area contributed by atoms with Gasteiger partial charge < -0.3 is 0 Å². The van der Waals surface area contributed by atoms with Crippen LogP contribution in [-0.4, -0.2) is 10.7 Å². The Labute approximate surface area is 67.1 Å². The number of rotatable bonds is 2. The molecule has 0 aliphatic rings. The predicted octanol–water partition coefficient (Wildman–Crippen LogP) is -2.19. The van der Waals surface area contributed by atoms with Crippen LogP contribution in [0.1, 0.15) is 0 Å². The van der Waals surface area contributed by atoms with Crippen molar-refractivity contribution in [3.05, 3.63) is 10.1 Å². The molecule has 0 aromatic rings. The summed E-state index contributed by atoms with van der Waals surface area (Å²) in [6, 6.07) is 0. The van der Waals surface area contributed by atoms with Gasteiger partial charge in [0.1, 0.15) is 0 Å². The first-order chi connectivity index (χ1) is 3.85. The van der Waals surface area contributed by atoms with E-state index in [2.05, 4.69) is 25.1 Å². The number of nitrogens with zero attached hydrogens (tertiary/aromatic N) is 2. The van der Waals surface area contributed by atoms with E-state index in [0.717, 1.165) is 0 Å². The predicted molar refractivity (Wildman–Crippen MR) is 26.9 cm³/mol. The van der Waals surface area contributed by atoms with Gasteiger partial charge in [-0.2, -0.15) is 0 Å². The van der Waals surface area contributed by atoms with Crippen LogP contribution >= 0.6 is 25.1 Å². The van der Waals surface area contributed by atoms with Crippen molar-refractivity contribution in [2.45, 2.75) is 0 Å². The third-order valence-electron chi connectivity index (χ3n) is 0.291. The summed E-state index contributed by atoms with van der Waals surface area (Å²) >= 11 is -3.07. The second kappa shape index (κ2) is 3.12. The first-order valence-corrected chi connectivity index (χ1v) is 7.54. The van der Waals surface area contributed by atoms with Crippen LogP contribution in [0, 0.1) is 10.1 Å². The maximum atomic E-state index is 12.0. The average molecular weight is 338 g/mol. The molecule has 1 unspecified atom stereocenters. The SMILES string of the molecule is O=[N+]([O-])N(Br)[I-](O)(F)Cl. The Morgan fingerprint density at radius 1 is 2.00 bits per heavy atom. The molecule has 0 bridgehead atoms. The van der Waals surface area contributed by atoms with Gasteiger partial charge >= 0.3 is 67.3 Å². The van der Waals surface area contributed by atoms with Crippen LogP contribution < -0.4 is 18.6 Å².